The molecular weight excluding hydrogens is 402 g/mol. The highest BCUT2D eigenvalue weighted by Crippen LogP contribution is 2.31. The predicted octanol–water partition coefficient (Wildman–Crippen LogP) is 4.22. The Morgan fingerprint density at radius 1 is 1.03 bits per heavy atom. The van der Waals surface area contributed by atoms with E-state index in [0.717, 1.165) is 11.1 Å². The van der Waals surface area contributed by atoms with Crippen LogP contribution in [0.15, 0.2) is 59.1 Å². The molecule has 1 aliphatic rings. The Morgan fingerprint density at radius 3 is 2.61 bits per heavy atom. The van der Waals surface area contributed by atoms with Crippen molar-refractivity contribution in [3.8, 4) is 22.5 Å². The van der Waals surface area contributed by atoms with Gasteiger partial charge in [-0.2, -0.15) is 5.10 Å². The Morgan fingerprint density at radius 2 is 1.84 bits per heavy atom. The molecule has 8 heteroatoms. The Hall–Kier alpha value is -3.81. The lowest BCUT2D eigenvalue weighted by atomic mass is 10.0. The van der Waals surface area contributed by atoms with Gasteiger partial charge in [-0.3, -0.25) is 9.48 Å². The van der Waals surface area contributed by atoms with Gasteiger partial charge >= 0.3 is 0 Å². The lowest BCUT2D eigenvalue weighted by Gasteiger charge is -2.26. The van der Waals surface area contributed by atoms with Crippen LogP contribution in [0.3, 0.4) is 0 Å². The van der Waals surface area contributed by atoms with Crippen molar-refractivity contribution in [2.75, 3.05) is 6.54 Å². The summed E-state index contributed by atoms with van der Waals surface area (Å²) in [6.07, 6.45) is 0.520. The first-order chi connectivity index (χ1) is 15.0. The van der Waals surface area contributed by atoms with E-state index in [9.17, 15) is 13.6 Å². The van der Waals surface area contributed by atoms with Crippen molar-refractivity contribution in [1.29, 1.82) is 0 Å². The van der Waals surface area contributed by atoms with Gasteiger partial charge in [-0.25, -0.2) is 8.78 Å². The van der Waals surface area contributed by atoms with Gasteiger partial charge in [0.05, 0.1) is 12.2 Å². The van der Waals surface area contributed by atoms with Crippen LogP contribution >= 0.6 is 0 Å². The molecule has 0 unspecified atom stereocenters. The van der Waals surface area contributed by atoms with Crippen LogP contribution in [0.25, 0.3) is 22.5 Å². The highest BCUT2D eigenvalue weighted by Gasteiger charge is 2.29. The number of aryl methyl sites for hydroxylation is 1. The summed E-state index contributed by atoms with van der Waals surface area (Å²) in [5.74, 6) is -0.162. The molecule has 0 saturated carbocycles. The second-order valence-corrected chi connectivity index (χ2v) is 7.47. The lowest BCUT2D eigenvalue weighted by molar-refractivity contribution is 0.0718. The number of hydrogen-bond donors (Lipinski definition) is 0. The molecule has 0 saturated heterocycles. The van der Waals surface area contributed by atoms with Crippen molar-refractivity contribution >= 4 is 5.91 Å². The first-order valence-electron chi connectivity index (χ1n) is 9.82. The van der Waals surface area contributed by atoms with Gasteiger partial charge in [0.2, 0.25) is 0 Å². The number of fused-ring (bicyclic) bond motifs is 1. The zero-order chi connectivity index (χ0) is 21.5. The van der Waals surface area contributed by atoms with Gasteiger partial charge < -0.3 is 9.42 Å². The zero-order valence-corrected chi connectivity index (χ0v) is 16.7. The van der Waals surface area contributed by atoms with E-state index >= 15 is 0 Å². The van der Waals surface area contributed by atoms with Gasteiger partial charge in [-0.1, -0.05) is 17.3 Å². The average molecular weight is 420 g/mol. The molecule has 5 rings (SSSR count). The zero-order valence-electron chi connectivity index (χ0n) is 16.7. The average Bonchev–Trinajstić information content (AvgIpc) is 3.37. The summed E-state index contributed by atoms with van der Waals surface area (Å²) in [6.45, 7) is 0.779. The predicted molar refractivity (Wildman–Crippen MR) is 109 cm³/mol. The molecule has 6 nitrogen and oxygen atoms in total. The maximum atomic E-state index is 13.7. The largest absolute Gasteiger partial charge is 0.360 e. The van der Waals surface area contributed by atoms with Crippen LogP contribution in [0.1, 0.15) is 21.8 Å². The highest BCUT2D eigenvalue weighted by molar-refractivity contribution is 5.94. The minimum atomic E-state index is -0.360. The molecule has 3 heterocycles. The summed E-state index contributed by atoms with van der Waals surface area (Å²) in [6, 6.07) is 13.8. The molecule has 0 fully saturated rings. The Balaban J connectivity index is 1.43. The molecule has 4 aromatic rings. The quantitative estimate of drug-likeness (QED) is 0.498. The van der Waals surface area contributed by atoms with Crippen LogP contribution in [0, 0.1) is 11.6 Å². The number of rotatable bonds is 3. The number of amides is 1. The van der Waals surface area contributed by atoms with Crippen molar-refractivity contribution in [3.05, 3.63) is 83.2 Å². The summed E-state index contributed by atoms with van der Waals surface area (Å²) in [4.78, 5) is 14.9. The molecule has 0 aliphatic carbocycles. The van der Waals surface area contributed by atoms with E-state index in [0.29, 0.717) is 47.9 Å². The van der Waals surface area contributed by atoms with Crippen LogP contribution in [0.5, 0.6) is 0 Å². The van der Waals surface area contributed by atoms with Gasteiger partial charge in [-0.05, 0) is 42.5 Å². The maximum Gasteiger partial charge on any atom is 0.272 e. The van der Waals surface area contributed by atoms with E-state index in [1.807, 2.05) is 0 Å². The molecule has 31 heavy (non-hydrogen) atoms. The molecule has 1 amide bonds. The smallest absolute Gasteiger partial charge is 0.272 e. The molecule has 0 atom stereocenters. The third-order valence-corrected chi connectivity index (χ3v) is 5.45. The van der Waals surface area contributed by atoms with E-state index in [-0.39, 0.29) is 17.5 Å². The number of carbonyl (C=O) groups excluding carboxylic acids is 1. The summed E-state index contributed by atoms with van der Waals surface area (Å²) >= 11 is 0. The molecule has 0 bridgehead atoms. The number of nitrogens with zero attached hydrogens (tertiary/aromatic N) is 4. The van der Waals surface area contributed by atoms with Gasteiger partial charge in [-0.15, -0.1) is 0 Å². The van der Waals surface area contributed by atoms with Gasteiger partial charge in [0.25, 0.3) is 5.91 Å². The number of benzene rings is 2. The lowest BCUT2D eigenvalue weighted by Crippen LogP contribution is -2.36. The first-order valence-corrected chi connectivity index (χ1v) is 9.82. The van der Waals surface area contributed by atoms with Crippen LogP contribution in [-0.4, -0.2) is 32.3 Å². The number of carbonyl (C=O) groups is 1. The minimum Gasteiger partial charge on any atom is -0.360 e. The monoisotopic (exact) mass is 420 g/mol. The second kappa shape index (κ2) is 7.46. The van der Waals surface area contributed by atoms with Crippen molar-refractivity contribution in [2.24, 2.45) is 7.05 Å². The summed E-state index contributed by atoms with van der Waals surface area (Å²) in [7, 11) is 1.70. The SMILES string of the molecule is Cn1nc(-c2ccc(F)cc2)cc1C(=O)N1CCc2onc(-c3cccc(F)c3)c2C1. The van der Waals surface area contributed by atoms with Crippen molar-refractivity contribution in [3.63, 3.8) is 0 Å². The van der Waals surface area contributed by atoms with E-state index < -0.39 is 0 Å². The Kier molecular flexibility index (Phi) is 4.62. The third kappa shape index (κ3) is 3.50. The summed E-state index contributed by atoms with van der Waals surface area (Å²) in [5.41, 5.74) is 3.68. The fourth-order valence-corrected chi connectivity index (χ4v) is 3.84. The molecule has 0 spiro atoms. The molecule has 2 aromatic carbocycles. The fourth-order valence-electron chi connectivity index (χ4n) is 3.84. The fraction of sp³-hybridized carbons (Fsp3) is 0.174. The summed E-state index contributed by atoms with van der Waals surface area (Å²) in [5, 5.41) is 8.53. The molecule has 0 N–H and O–H groups in total. The number of hydrogen-bond acceptors (Lipinski definition) is 4. The Labute approximate surface area is 176 Å². The van der Waals surface area contributed by atoms with Gasteiger partial charge in [0.15, 0.2) is 0 Å². The van der Waals surface area contributed by atoms with Crippen molar-refractivity contribution in [2.45, 2.75) is 13.0 Å². The standard InChI is InChI=1S/C23H18F2N4O2/c1-28-20(12-19(26-28)14-5-7-16(24)8-6-14)23(30)29-10-9-21-18(13-29)22(27-31-21)15-3-2-4-17(25)11-15/h2-8,11-12H,9-10,13H2,1H3. The first kappa shape index (κ1) is 19.2. The third-order valence-electron chi connectivity index (χ3n) is 5.45. The van der Waals surface area contributed by atoms with Crippen molar-refractivity contribution < 1.29 is 18.1 Å². The van der Waals surface area contributed by atoms with Crippen LogP contribution in [0.4, 0.5) is 8.78 Å². The van der Waals surface area contributed by atoms with E-state index in [1.54, 1.807) is 42.3 Å². The normalized spacial score (nSPS) is 13.3. The van der Waals surface area contributed by atoms with E-state index in [4.69, 9.17) is 4.52 Å². The van der Waals surface area contributed by atoms with Crippen LogP contribution in [0.2, 0.25) is 0 Å². The summed E-state index contributed by atoms with van der Waals surface area (Å²) < 4.78 is 33.9. The van der Waals surface area contributed by atoms with Crippen molar-refractivity contribution in [1.82, 2.24) is 19.8 Å². The van der Waals surface area contributed by atoms with Gasteiger partial charge in [0.1, 0.15) is 28.8 Å². The number of halogens is 2. The minimum absolute atomic E-state index is 0.180. The molecular formula is C23H18F2N4O2. The van der Waals surface area contributed by atoms with Crippen LogP contribution in [-0.2, 0) is 20.0 Å². The molecule has 0 radical (unpaired) electrons. The molecule has 1 aliphatic heterocycles. The van der Waals surface area contributed by atoms with Gasteiger partial charge in [0, 0.05) is 36.7 Å². The second-order valence-electron chi connectivity index (χ2n) is 7.47. The van der Waals surface area contributed by atoms with Crippen LogP contribution < -0.4 is 0 Å². The molecule has 156 valence electrons. The molecule has 2 aromatic heterocycles. The Bertz CT molecular complexity index is 1280. The number of aromatic nitrogens is 3. The maximum absolute atomic E-state index is 13.7. The topological polar surface area (TPSA) is 64.2 Å². The van der Waals surface area contributed by atoms with E-state index in [1.165, 1.54) is 28.9 Å². The highest BCUT2D eigenvalue weighted by atomic mass is 19.1. The van der Waals surface area contributed by atoms with E-state index in [2.05, 4.69) is 10.3 Å².